The summed E-state index contributed by atoms with van der Waals surface area (Å²) in [6.45, 7) is 9.17. The lowest BCUT2D eigenvalue weighted by Crippen LogP contribution is -2.50. The molecule has 2 aliphatic rings. The van der Waals surface area contributed by atoms with Crippen molar-refractivity contribution in [3.8, 4) is 0 Å². The summed E-state index contributed by atoms with van der Waals surface area (Å²) >= 11 is 0. The van der Waals surface area contributed by atoms with E-state index in [2.05, 4.69) is 0 Å². The van der Waals surface area contributed by atoms with Crippen LogP contribution in [0, 0.1) is 0 Å². The van der Waals surface area contributed by atoms with Crippen molar-refractivity contribution in [1.82, 2.24) is 4.90 Å². The Morgan fingerprint density at radius 2 is 2.15 bits per heavy atom. The highest BCUT2D eigenvalue weighted by Gasteiger charge is 2.52. The molecular formula is C15H23NO4. The molecule has 0 radical (unpaired) electrons. The maximum absolute atomic E-state index is 12.4. The zero-order valence-corrected chi connectivity index (χ0v) is 12.8. The Balaban J connectivity index is 2.26. The molecule has 1 heterocycles. The molecule has 1 aliphatic heterocycles. The van der Waals surface area contributed by atoms with E-state index in [1.807, 2.05) is 40.7 Å². The summed E-state index contributed by atoms with van der Waals surface area (Å²) in [5, 5.41) is 0. The lowest BCUT2D eigenvalue weighted by Gasteiger charge is -2.35. The Morgan fingerprint density at radius 1 is 1.50 bits per heavy atom. The molecule has 5 heteroatoms. The number of hydrogen-bond acceptors (Lipinski definition) is 4. The van der Waals surface area contributed by atoms with Gasteiger partial charge in [-0.05, 0) is 47.5 Å². The Morgan fingerprint density at radius 3 is 2.70 bits per heavy atom. The minimum atomic E-state index is -0.774. The van der Waals surface area contributed by atoms with Crippen molar-refractivity contribution >= 4 is 12.4 Å². The van der Waals surface area contributed by atoms with Gasteiger partial charge in [-0.2, -0.15) is 0 Å². The van der Waals surface area contributed by atoms with Crippen molar-refractivity contribution in [2.24, 2.45) is 0 Å². The molecule has 0 saturated carbocycles. The molecule has 0 aromatic rings. The third kappa shape index (κ3) is 2.73. The van der Waals surface area contributed by atoms with Crippen LogP contribution in [0.3, 0.4) is 0 Å². The van der Waals surface area contributed by atoms with Crippen molar-refractivity contribution in [2.75, 3.05) is 0 Å². The van der Waals surface area contributed by atoms with Gasteiger partial charge in [0, 0.05) is 5.57 Å². The summed E-state index contributed by atoms with van der Waals surface area (Å²) in [6, 6.07) is -0.134. The van der Waals surface area contributed by atoms with Crippen molar-refractivity contribution in [2.45, 2.75) is 70.9 Å². The maximum Gasteiger partial charge on any atom is 0.412 e. The average Bonchev–Trinajstić information content (AvgIpc) is 2.55. The van der Waals surface area contributed by atoms with E-state index in [1.165, 1.54) is 0 Å². The molecule has 0 N–H and O–H groups in total. The smallest absolute Gasteiger partial charge is 0.412 e. The van der Waals surface area contributed by atoms with Gasteiger partial charge in [-0.1, -0.05) is 6.08 Å². The van der Waals surface area contributed by atoms with Crippen molar-refractivity contribution in [1.29, 1.82) is 0 Å². The number of amides is 1. The number of ether oxygens (including phenoxy) is 2. The maximum atomic E-state index is 12.4. The normalized spacial score (nSPS) is 28.6. The summed E-state index contributed by atoms with van der Waals surface area (Å²) in [7, 11) is 0. The van der Waals surface area contributed by atoms with E-state index in [1.54, 1.807) is 4.90 Å². The number of aldehydes is 1. The van der Waals surface area contributed by atoms with E-state index in [9.17, 15) is 9.59 Å². The molecule has 1 fully saturated rings. The molecule has 0 spiro atoms. The third-order valence-electron chi connectivity index (χ3n) is 3.57. The van der Waals surface area contributed by atoms with Crippen molar-refractivity contribution < 1.29 is 19.1 Å². The van der Waals surface area contributed by atoms with Crippen LogP contribution in [-0.4, -0.2) is 40.8 Å². The topological polar surface area (TPSA) is 55.8 Å². The lowest BCUT2D eigenvalue weighted by molar-refractivity contribution is -0.107. The first-order valence-electron chi connectivity index (χ1n) is 7.01. The van der Waals surface area contributed by atoms with Gasteiger partial charge in [-0.25, -0.2) is 4.79 Å². The second-order valence-electron chi connectivity index (χ2n) is 6.80. The molecular weight excluding hydrogens is 258 g/mol. The zero-order valence-electron chi connectivity index (χ0n) is 12.8. The average molecular weight is 281 g/mol. The lowest BCUT2D eigenvalue weighted by atomic mass is 9.92. The molecule has 1 aliphatic carbocycles. The van der Waals surface area contributed by atoms with Gasteiger partial charge < -0.3 is 9.47 Å². The molecule has 5 nitrogen and oxygen atoms in total. The SMILES string of the molecule is CC(C)(C)OC(=O)N1[C@H]2CCC=C(C=O)[C@H]2OC1(C)C. The minimum Gasteiger partial charge on any atom is -0.444 e. The van der Waals surface area contributed by atoms with E-state index in [0.29, 0.717) is 5.57 Å². The first-order valence-corrected chi connectivity index (χ1v) is 7.01. The highest BCUT2D eigenvalue weighted by molar-refractivity contribution is 5.77. The van der Waals surface area contributed by atoms with Crippen LogP contribution in [0.25, 0.3) is 0 Å². The summed E-state index contributed by atoms with van der Waals surface area (Å²) in [4.78, 5) is 25.2. The Hall–Kier alpha value is -1.36. The first kappa shape index (κ1) is 15.0. The van der Waals surface area contributed by atoms with Crippen LogP contribution < -0.4 is 0 Å². The molecule has 0 aromatic heterocycles. The summed E-state index contributed by atoms with van der Waals surface area (Å²) in [5.74, 6) is 0. The van der Waals surface area contributed by atoms with Crippen LogP contribution in [0.15, 0.2) is 11.6 Å². The number of carbonyl (C=O) groups is 2. The molecule has 0 bridgehead atoms. The number of fused-ring (bicyclic) bond motifs is 1. The van der Waals surface area contributed by atoms with Gasteiger partial charge in [0.2, 0.25) is 0 Å². The Kier molecular flexibility index (Phi) is 3.67. The third-order valence-corrected chi connectivity index (χ3v) is 3.57. The molecule has 1 saturated heterocycles. The van der Waals surface area contributed by atoms with E-state index < -0.39 is 11.3 Å². The monoisotopic (exact) mass is 281 g/mol. The van der Waals surface area contributed by atoms with Crippen molar-refractivity contribution in [3.63, 3.8) is 0 Å². The van der Waals surface area contributed by atoms with Gasteiger partial charge in [0.05, 0.1) is 6.04 Å². The molecule has 20 heavy (non-hydrogen) atoms. The number of rotatable bonds is 1. The second kappa shape index (κ2) is 4.88. The fourth-order valence-corrected chi connectivity index (χ4v) is 2.87. The van der Waals surface area contributed by atoms with Gasteiger partial charge in [-0.3, -0.25) is 9.69 Å². The zero-order chi connectivity index (χ0) is 15.1. The number of hydrogen-bond donors (Lipinski definition) is 0. The fourth-order valence-electron chi connectivity index (χ4n) is 2.87. The summed E-state index contributed by atoms with van der Waals surface area (Å²) < 4.78 is 11.4. The molecule has 112 valence electrons. The fraction of sp³-hybridized carbons (Fsp3) is 0.733. The van der Waals surface area contributed by atoms with Crippen LogP contribution in [0.4, 0.5) is 4.79 Å². The predicted octanol–water partition coefficient (Wildman–Crippen LogP) is 2.65. The molecule has 2 rings (SSSR count). The van der Waals surface area contributed by atoms with Gasteiger partial charge in [0.25, 0.3) is 0 Å². The summed E-state index contributed by atoms with van der Waals surface area (Å²) in [5.41, 5.74) is -0.701. The number of nitrogens with zero attached hydrogens (tertiary/aromatic N) is 1. The van der Waals surface area contributed by atoms with E-state index >= 15 is 0 Å². The Bertz CT molecular complexity index is 447. The van der Waals surface area contributed by atoms with Crippen LogP contribution in [0.2, 0.25) is 0 Å². The molecule has 2 atom stereocenters. The van der Waals surface area contributed by atoms with Crippen LogP contribution >= 0.6 is 0 Å². The van der Waals surface area contributed by atoms with Crippen LogP contribution in [-0.2, 0) is 14.3 Å². The van der Waals surface area contributed by atoms with Gasteiger partial charge in [0.15, 0.2) is 0 Å². The highest BCUT2D eigenvalue weighted by atomic mass is 16.6. The highest BCUT2D eigenvalue weighted by Crippen LogP contribution is 2.40. The largest absolute Gasteiger partial charge is 0.444 e. The van der Waals surface area contributed by atoms with E-state index in [0.717, 1.165) is 19.1 Å². The van der Waals surface area contributed by atoms with Gasteiger partial charge >= 0.3 is 6.09 Å². The van der Waals surface area contributed by atoms with Gasteiger partial charge in [0.1, 0.15) is 23.7 Å². The van der Waals surface area contributed by atoms with E-state index in [-0.39, 0.29) is 18.2 Å². The molecule has 0 aromatic carbocycles. The summed E-state index contributed by atoms with van der Waals surface area (Å²) in [6.07, 6.45) is 3.54. The number of carbonyl (C=O) groups excluding carboxylic acids is 2. The molecule has 1 amide bonds. The Labute approximate surface area is 119 Å². The predicted molar refractivity (Wildman–Crippen MR) is 74.2 cm³/mol. The quantitative estimate of drug-likeness (QED) is 0.693. The van der Waals surface area contributed by atoms with Crippen LogP contribution in [0.5, 0.6) is 0 Å². The first-order chi connectivity index (χ1) is 9.15. The standard InChI is InChI=1S/C15H23NO4/c1-14(2,3)20-13(18)16-11-8-6-7-10(9-17)12(11)19-15(16,4)5/h7,9,11-12H,6,8H2,1-5H3/t11-,12+/m0/s1. The minimum absolute atomic E-state index is 0.134. The van der Waals surface area contributed by atoms with E-state index in [4.69, 9.17) is 9.47 Å². The second-order valence-corrected chi connectivity index (χ2v) is 6.80. The van der Waals surface area contributed by atoms with Crippen molar-refractivity contribution in [3.05, 3.63) is 11.6 Å². The number of allylic oxidation sites excluding steroid dienone is 1. The van der Waals surface area contributed by atoms with Crippen LogP contribution in [0.1, 0.15) is 47.5 Å². The van der Waals surface area contributed by atoms with Gasteiger partial charge in [-0.15, -0.1) is 0 Å². The molecule has 0 unspecified atom stereocenters.